The second-order valence-electron chi connectivity index (χ2n) is 6.52. The lowest BCUT2D eigenvalue weighted by Crippen LogP contribution is -2.35. The van der Waals surface area contributed by atoms with E-state index in [1.165, 1.54) is 13.3 Å². The number of carbonyl (C=O) groups is 1. The molecule has 0 atom stereocenters. The van der Waals surface area contributed by atoms with E-state index < -0.39 is 17.2 Å². The van der Waals surface area contributed by atoms with Crippen LogP contribution in [0.3, 0.4) is 0 Å². The molecule has 146 valence electrons. The Labute approximate surface area is 155 Å². The molecule has 0 saturated heterocycles. The molecule has 1 aliphatic carbocycles. The Morgan fingerprint density at radius 3 is 2.48 bits per heavy atom. The van der Waals surface area contributed by atoms with Gasteiger partial charge in [0.2, 0.25) is 5.43 Å². The van der Waals surface area contributed by atoms with Crippen LogP contribution in [-0.4, -0.2) is 48.9 Å². The maximum atomic E-state index is 15.0. The number of nitrogens with zero attached hydrogens (tertiary/aromatic N) is 2. The molecule has 0 spiro atoms. The Morgan fingerprint density at radius 1 is 1.37 bits per heavy atom. The van der Waals surface area contributed by atoms with Gasteiger partial charge < -0.3 is 30.8 Å². The van der Waals surface area contributed by atoms with Gasteiger partial charge in [0.15, 0.2) is 11.6 Å². The SMILES string of the molecule is COc1c(N(CCN)CCN)c(F)cc2c(=O)c(C(=O)O)cn(C3CC3)c12. The summed E-state index contributed by atoms with van der Waals surface area (Å²) in [5.41, 5.74) is 10.8. The number of carboxylic acids is 1. The Balaban J connectivity index is 2.39. The van der Waals surface area contributed by atoms with Crippen LogP contribution in [0.15, 0.2) is 17.1 Å². The average Bonchev–Trinajstić information content (AvgIpc) is 3.46. The summed E-state index contributed by atoms with van der Waals surface area (Å²) in [7, 11) is 1.40. The molecule has 0 unspecified atom stereocenters. The first kappa shape index (κ1) is 19.1. The number of hydrogen-bond acceptors (Lipinski definition) is 6. The van der Waals surface area contributed by atoms with Gasteiger partial charge in [0.05, 0.1) is 18.0 Å². The summed E-state index contributed by atoms with van der Waals surface area (Å²) < 4.78 is 22.3. The number of fused-ring (bicyclic) bond motifs is 1. The number of rotatable bonds is 8. The lowest BCUT2D eigenvalue weighted by atomic mass is 10.1. The van der Waals surface area contributed by atoms with E-state index in [0.717, 1.165) is 18.9 Å². The highest BCUT2D eigenvalue weighted by molar-refractivity contribution is 5.97. The zero-order valence-corrected chi connectivity index (χ0v) is 15.1. The second-order valence-corrected chi connectivity index (χ2v) is 6.52. The number of hydrogen-bond donors (Lipinski definition) is 3. The smallest absolute Gasteiger partial charge is 0.341 e. The van der Waals surface area contributed by atoms with Gasteiger partial charge in [0.1, 0.15) is 11.3 Å². The summed E-state index contributed by atoms with van der Waals surface area (Å²) >= 11 is 0. The number of ether oxygens (including phenoxy) is 1. The van der Waals surface area contributed by atoms with Gasteiger partial charge in [-0.2, -0.15) is 0 Å². The van der Waals surface area contributed by atoms with Crippen molar-refractivity contribution >= 4 is 22.6 Å². The second kappa shape index (κ2) is 7.53. The first-order valence-electron chi connectivity index (χ1n) is 8.78. The predicted molar refractivity (Wildman–Crippen MR) is 100 cm³/mol. The van der Waals surface area contributed by atoms with Gasteiger partial charge in [-0.25, -0.2) is 9.18 Å². The van der Waals surface area contributed by atoms with Crippen molar-refractivity contribution in [1.29, 1.82) is 0 Å². The van der Waals surface area contributed by atoms with Crippen LogP contribution in [-0.2, 0) is 0 Å². The summed E-state index contributed by atoms with van der Waals surface area (Å²) in [6.07, 6.45) is 3.02. The monoisotopic (exact) mass is 378 g/mol. The molecule has 3 rings (SSSR count). The molecule has 1 heterocycles. The molecule has 0 bridgehead atoms. The number of pyridine rings is 1. The van der Waals surface area contributed by atoms with Gasteiger partial charge in [-0.15, -0.1) is 0 Å². The van der Waals surface area contributed by atoms with Crippen molar-refractivity contribution in [2.45, 2.75) is 18.9 Å². The van der Waals surface area contributed by atoms with Crippen molar-refractivity contribution in [3.63, 3.8) is 0 Å². The van der Waals surface area contributed by atoms with Crippen LogP contribution in [0, 0.1) is 5.82 Å². The Morgan fingerprint density at radius 2 is 2.00 bits per heavy atom. The fourth-order valence-corrected chi connectivity index (χ4v) is 3.37. The topological polar surface area (TPSA) is 124 Å². The third-order valence-electron chi connectivity index (χ3n) is 4.69. The third kappa shape index (κ3) is 3.35. The fraction of sp³-hybridized carbons (Fsp3) is 0.444. The standard InChI is InChI=1S/C18H23FN4O4/c1-27-17-14-11(8-13(19)15(17)22(6-4-20)7-5-21)16(24)12(18(25)26)9-23(14)10-2-3-10/h8-10H,2-7,20-21H2,1H3,(H,25,26). The highest BCUT2D eigenvalue weighted by Gasteiger charge is 2.31. The van der Waals surface area contributed by atoms with E-state index in [1.807, 2.05) is 0 Å². The molecular weight excluding hydrogens is 355 g/mol. The molecule has 5 N–H and O–H groups in total. The number of methoxy groups -OCH3 is 1. The molecule has 1 fully saturated rings. The molecule has 0 amide bonds. The van der Waals surface area contributed by atoms with E-state index >= 15 is 4.39 Å². The molecule has 2 aromatic rings. The van der Waals surface area contributed by atoms with E-state index in [0.29, 0.717) is 18.6 Å². The predicted octanol–water partition coefficient (Wildman–Crippen LogP) is 0.906. The molecule has 0 radical (unpaired) electrons. The number of carboxylic acid groups (broad SMARTS) is 1. The van der Waals surface area contributed by atoms with Gasteiger partial charge in [-0.3, -0.25) is 4.79 Å². The van der Waals surface area contributed by atoms with Crippen LogP contribution in [0.1, 0.15) is 29.2 Å². The maximum absolute atomic E-state index is 15.0. The number of benzene rings is 1. The van der Waals surface area contributed by atoms with E-state index in [2.05, 4.69) is 0 Å². The van der Waals surface area contributed by atoms with Crippen molar-refractivity contribution in [3.8, 4) is 5.75 Å². The Kier molecular flexibility index (Phi) is 5.33. The highest BCUT2D eigenvalue weighted by atomic mass is 19.1. The van der Waals surface area contributed by atoms with E-state index in [-0.39, 0.29) is 41.5 Å². The number of nitrogens with two attached hydrogens (primary N) is 2. The number of aromatic nitrogens is 1. The first-order chi connectivity index (χ1) is 12.9. The molecule has 1 aromatic carbocycles. The van der Waals surface area contributed by atoms with Crippen LogP contribution < -0.4 is 26.5 Å². The quantitative estimate of drug-likeness (QED) is 0.623. The van der Waals surface area contributed by atoms with E-state index in [1.54, 1.807) is 9.47 Å². The Hall–Kier alpha value is -2.65. The van der Waals surface area contributed by atoms with Gasteiger partial charge in [0.25, 0.3) is 0 Å². The summed E-state index contributed by atoms with van der Waals surface area (Å²) in [5.74, 6) is -1.83. The minimum Gasteiger partial charge on any atom is -0.492 e. The van der Waals surface area contributed by atoms with Crippen molar-refractivity contribution < 1.29 is 19.0 Å². The van der Waals surface area contributed by atoms with Crippen LogP contribution in [0.2, 0.25) is 0 Å². The first-order valence-corrected chi connectivity index (χ1v) is 8.78. The van der Waals surface area contributed by atoms with Gasteiger partial charge in [-0.1, -0.05) is 0 Å². The van der Waals surface area contributed by atoms with Gasteiger partial charge in [0, 0.05) is 38.4 Å². The lowest BCUT2D eigenvalue weighted by molar-refractivity contribution is 0.0695. The van der Waals surface area contributed by atoms with Crippen LogP contribution in [0.25, 0.3) is 10.9 Å². The zero-order chi connectivity index (χ0) is 19.7. The molecule has 1 saturated carbocycles. The number of halogens is 1. The van der Waals surface area contributed by atoms with Crippen molar-refractivity contribution in [2.75, 3.05) is 38.2 Å². The average molecular weight is 378 g/mol. The van der Waals surface area contributed by atoms with Crippen LogP contribution >= 0.6 is 0 Å². The van der Waals surface area contributed by atoms with Crippen molar-refractivity contribution in [1.82, 2.24) is 4.57 Å². The number of aromatic carboxylic acids is 1. The van der Waals surface area contributed by atoms with Crippen LogP contribution in [0.4, 0.5) is 10.1 Å². The van der Waals surface area contributed by atoms with Crippen molar-refractivity contribution in [3.05, 3.63) is 33.9 Å². The molecule has 0 aliphatic heterocycles. The molecular formula is C18H23FN4O4. The minimum atomic E-state index is -1.34. The zero-order valence-electron chi connectivity index (χ0n) is 15.1. The fourth-order valence-electron chi connectivity index (χ4n) is 3.37. The maximum Gasteiger partial charge on any atom is 0.341 e. The lowest BCUT2D eigenvalue weighted by Gasteiger charge is -2.27. The molecule has 1 aliphatic rings. The number of anilines is 1. The van der Waals surface area contributed by atoms with Crippen molar-refractivity contribution in [2.24, 2.45) is 11.5 Å². The summed E-state index contributed by atoms with van der Waals surface area (Å²) in [6, 6.07) is 1.14. The van der Waals surface area contributed by atoms with Crippen LogP contribution in [0.5, 0.6) is 5.75 Å². The summed E-state index contributed by atoms with van der Waals surface area (Å²) in [5, 5.41) is 9.34. The largest absolute Gasteiger partial charge is 0.492 e. The summed E-state index contributed by atoms with van der Waals surface area (Å²) in [6.45, 7) is 1.29. The molecule has 9 heteroatoms. The molecule has 8 nitrogen and oxygen atoms in total. The normalized spacial score (nSPS) is 13.8. The van der Waals surface area contributed by atoms with Gasteiger partial charge in [-0.05, 0) is 18.9 Å². The molecule has 27 heavy (non-hydrogen) atoms. The van der Waals surface area contributed by atoms with E-state index in [4.69, 9.17) is 16.2 Å². The molecule has 1 aromatic heterocycles. The van der Waals surface area contributed by atoms with E-state index in [9.17, 15) is 14.7 Å². The summed E-state index contributed by atoms with van der Waals surface area (Å²) in [4.78, 5) is 25.8. The third-order valence-corrected chi connectivity index (χ3v) is 4.69. The minimum absolute atomic E-state index is 0.0136. The van der Waals surface area contributed by atoms with Gasteiger partial charge >= 0.3 is 5.97 Å². The Bertz CT molecular complexity index is 933. The highest BCUT2D eigenvalue weighted by Crippen LogP contribution is 2.43.